The van der Waals surface area contributed by atoms with Crippen molar-refractivity contribution < 1.29 is 41.1 Å². The van der Waals surface area contributed by atoms with Gasteiger partial charge >= 0.3 is 6.18 Å². The first-order valence-corrected chi connectivity index (χ1v) is 10.3. The zero-order valence-electron chi connectivity index (χ0n) is 18.4. The summed E-state index contributed by atoms with van der Waals surface area (Å²) in [6.07, 6.45) is -7.54. The SMILES string of the molecule is CC(C)(C(=O)NCc1ccc(Cl)c(C(=O)Nc2ccc(OCC(F)F)c(C(N)=O)c2)c1)C(F)(F)F. The highest BCUT2D eigenvalue weighted by molar-refractivity contribution is 6.34. The Labute approximate surface area is 201 Å². The molecule has 0 aliphatic rings. The number of carbonyl (C=O) groups is 3. The maximum Gasteiger partial charge on any atom is 0.402 e. The Kier molecular flexibility index (Phi) is 8.66. The molecule has 13 heteroatoms. The fourth-order valence-corrected chi connectivity index (χ4v) is 2.87. The summed E-state index contributed by atoms with van der Waals surface area (Å²) in [5.41, 5.74) is 2.65. The standard InChI is InChI=1S/C22H21ClF5N3O4/c1-21(2,22(26,27)28)20(34)30-9-11-3-5-15(23)13(7-11)19(33)31-12-4-6-16(35-10-17(24)25)14(8-12)18(29)32/h3-8,17H,9-10H2,1-2H3,(H2,29,32)(H,30,34)(H,31,33). The quantitative estimate of drug-likeness (QED) is 0.421. The fraction of sp³-hybridized carbons (Fsp3) is 0.318. The molecule has 0 saturated carbocycles. The molecule has 0 bridgehead atoms. The number of halogens is 6. The highest BCUT2D eigenvalue weighted by Gasteiger charge is 2.52. The Morgan fingerprint density at radius 1 is 1.06 bits per heavy atom. The summed E-state index contributed by atoms with van der Waals surface area (Å²) in [7, 11) is 0. The van der Waals surface area contributed by atoms with Crippen molar-refractivity contribution in [3.05, 3.63) is 58.1 Å². The molecule has 3 amide bonds. The molecule has 0 aromatic heterocycles. The number of nitrogens with two attached hydrogens (primary N) is 1. The lowest BCUT2D eigenvalue weighted by molar-refractivity contribution is -0.211. The van der Waals surface area contributed by atoms with E-state index < -0.39 is 42.3 Å². The van der Waals surface area contributed by atoms with Gasteiger partial charge in [0, 0.05) is 12.2 Å². The maximum atomic E-state index is 13.0. The molecule has 0 atom stereocenters. The van der Waals surface area contributed by atoms with Gasteiger partial charge in [-0.3, -0.25) is 14.4 Å². The average molecular weight is 522 g/mol. The summed E-state index contributed by atoms with van der Waals surface area (Å²) < 4.78 is 68.7. The van der Waals surface area contributed by atoms with Crippen LogP contribution in [0.15, 0.2) is 36.4 Å². The third-order valence-electron chi connectivity index (χ3n) is 4.87. The molecule has 0 fully saturated rings. The van der Waals surface area contributed by atoms with E-state index in [4.69, 9.17) is 22.1 Å². The van der Waals surface area contributed by atoms with Crippen LogP contribution >= 0.6 is 11.6 Å². The van der Waals surface area contributed by atoms with Crippen molar-refractivity contribution in [1.29, 1.82) is 0 Å². The third kappa shape index (κ3) is 7.04. The zero-order valence-corrected chi connectivity index (χ0v) is 19.2. The average Bonchev–Trinajstić information content (AvgIpc) is 2.76. The van der Waals surface area contributed by atoms with Crippen LogP contribution in [0, 0.1) is 5.41 Å². The predicted molar refractivity (Wildman–Crippen MR) is 118 cm³/mol. The molecule has 0 spiro atoms. The number of anilines is 1. The molecule has 35 heavy (non-hydrogen) atoms. The van der Waals surface area contributed by atoms with Crippen LogP contribution in [0.4, 0.5) is 27.6 Å². The van der Waals surface area contributed by atoms with Gasteiger partial charge in [-0.05, 0) is 49.7 Å². The van der Waals surface area contributed by atoms with Crippen LogP contribution in [0.3, 0.4) is 0 Å². The van der Waals surface area contributed by atoms with E-state index in [0.29, 0.717) is 5.56 Å². The summed E-state index contributed by atoms with van der Waals surface area (Å²) in [6, 6.07) is 7.59. The molecular weight excluding hydrogens is 501 g/mol. The Morgan fingerprint density at radius 2 is 1.71 bits per heavy atom. The van der Waals surface area contributed by atoms with Gasteiger partial charge in [0.25, 0.3) is 18.2 Å². The first kappa shape index (κ1) is 27.8. The maximum absolute atomic E-state index is 13.0. The highest BCUT2D eigenvalue weighted by atomic mass is 35.5. The second kappa shape index (κ2) is 10.9. The molecule has 2 aromatic rings. The molecule has 4 N–H and O–H groups in total. The van der Waals surface area contributed by atoms with Gasteiger partial charge in [-0.1, -0.05) is 17.7 Å². The minimum Gasteiger partial charge on any atom is -0.487 e. The number of ether oxygens (including phenoxy) is 1. The van der Waals surface area contributed by atoms with Crippen LogP contribution < -0.4 is 21.1 Å². The Hall–Kier alpha value is -3.41. The van der Waals surface area contributed by atoms with Crippen molar-refractivity contribution >= 4 is 35.0 Å². The molecule has 2 rings (SSSR count). The first-order valence-electron chi connectivity index (χ1n) is 9.93. The van der Waals surface area contributed by atoms with E-state index in [1.54, 1.807) is 0 Å². The van der Waals surface area contributed by atoms with E-state index in [2.05, 4.69) is 10.6 Å². The van der Waals surface area contributed by atoms with Gasteiger partial charge in [0.1, 0.15) is 17.8 Å². The number of carbonyl (C=O) groups excluding carboxylic acids is 3. The number of hydrogen-bond acceptors (Lipinski definition) is 4. The van der Waals surface area contributed by atoms with E-state index in [-0.39, 0.29) is 34.1 Å². The van der Waals surface area contributed by atoms with Gasteiger partial charge in [-0.15, -0.1) is 0 Å². The van der Waals surface area contributed by atoms with Crippen molar-refractivity contribution in [2.75, 3.05) is 11.9 Å². The number of benzene rings is 2. The number of nitrogens with one attached hydrogen (secondary N) is 2. The Balaban J connectivity index is 2.18. The molecule has 0 heterocycles. The van der Waals surface area contributed by atoms with Crippen molar-refractivity contribution in [2.24, 2.45) is 11.1 Å². The molecule has 0 aliphatic carbocycles. The largest absolute Gasteiger partial charge is 0.487 e. The summed E-state index contributed by atoms with van der Waals surface area (Å²) in [6.45, 7) is 0.212. The van der Waals surface area contributed by atoms with E-state index >= 15 is 0 Å². The van der Waals surface area contributed by atoms with Crippen LogP contribution in [0.5, 0.6) is 5.75 Å². The van der Waals surface area contributed by atoms with Crippen molar-refractivity contribution in [1.82, 2.24) is 5.32 Å². The lowest BCUT2D eigenvalue weighted by Crippen LogP contribution is -2.46. The van der Waals surface area contributed by atoms with Crippen molar-refractivity contribution in [2.45, 2.75) is 33.0 Å². The van der Waals surface area contributed by atoms with Gasteiger partial charge in [0.05, 0.1) is 16.1 Å². The lowest BCUT2D eigenvalue weighted by atomic mass is 9.91. The lowest BCUT2D eigenvalue weighted by Gasteiger charge is -2.26. The van der Waals surface area contributed by atoms with Gasteiger partial charge in [0.15, 0.2) is 0 Å². The number of rotatable bonds is 9. The van der Waals surface area contributed by atoms with Crippen LogP contribution in [-0.2, 0) is 11.3 Å². The summed E-state index contributed by atoms with van der Waals surface area (Å²) in [4.78, 5) is 36.4. The minimum absolute atomic E-state index is 0.000194. The Bertz CT molecular complexity index is 1120. The van der Waals surface area contributed by atoms with E-state index in [9.17, 15) is 36.3 Å². The topological polar surface area (TPSA) is 111 Å². The molecule has 0 saturated heterocycles. The molecular formula is C22H21ClF5N3O4. The summed E-state index contributed by atoms with van der Waals surface area (Å²) in [5.74, 6) is -3.19. The van der Waals surface area contributed by atoms with Gasteiger partial charge in [0.2, 0.25) is 5.91 Å². The second-order valence-corrected chi connectivity index (χ2v) is 8.26. The van der Waals surface area contributed by atoms with E-state index in [0.717, 1.165) is 19.9 Å². The van der Waals surface area contributed by atoms with Crippen LogP contribution in [0.25, 0.3) is 0 Å². The van der Waals surface area contributed by atoms with Crippen LogP contribution in [0.1, 0.15) is 40.1 Å². The number of primary amides is 1. The Morgan fingerprint density at radius 3 is 2.29 bits per heavy atom. The molecule has 2 aromatic carbocycles. The smallest absolute Gasteiger partial charge is 0.402 e. The van der Waals surface area contributed by atoms with E-state index in [1.165, 1.54) is 30.3 Å². The molecule has 0 unspecified atom stereocenters. The highest BCUT2D eigenvalue weighted by Crippen LogP contribution is 2.37. The summed E-state index contributed by atoms with van der Waals surface area (Å²) >= 11 is 6.07. The van der Waals surface area contributed by atoms with Crippen molar-refractivity contribution in [3.63, 3.8) is 0 Å². The molecule has 0 radical (unpaired) electrons. The summed E-state index contributed by atoms with van der Waals surface area (Å²) in [5, 5.41) is 4.63. The van der Waals surface area contributed by atoms with Crippen molar-refractivity contribution in [3.8, 4) is 5.75 Å². The number of amides is 3. The molecule has 0 aliphatic heterocycles. The third-order valence-corrected chi connectivity index (χ3v) is 5.20. The van der Waals surface area contributed by atoms with Gasteiger partial charge in [-0.25, -0.2) is 8.78 Å². The van der Waals surface area contributed by atoms with Gasteiger partial charge in [-0.2, -0.15) is 13.2 Å². The first-order chi connectivity index (χ1) is 16.1. The number of hydrogen-bond donors (Lipinski definition) is 3. The van der Waals surface area contributed by atoms with Crippen LogP contribution in [0.2, 0.25) is 5.02 Å². The second-order valence-electron chi connectivity index (χ2n) is 7.85. The molecule has 7 nitrogen and oxygen atoms in total. The van der Waals surface area contributed by atoms with Crippen LogP contribution in [-0.4, -0.2) is 36.9 Å². The van der Waals surface area contributed by atoms with Gasteiger partial charge < -0.3 is 21.1 Å². The molecule has 190 valence electrons. The monoisotopic (exact) mass is 521 g/mol. The fourth-order valence-electron chi connectivity index (χ4n) is 2.67. The zero-order chi connectivity index (χ0) is 26.6. The predicted octanol–water partition coefficient (Wildman–Crippen LogP) is 4.54. The number of alkyl halides is 5. The normalized spacial score (nSPS) is 11.8. The minimum atomic E-state index is -4.76. The van der Waals surface area contributed by atoms with E-state index in [1.807, 2.05) is 0 Å².